The fourth-order valence-corrected chi connectivity index (χ4v) is 3.89. The second kappa shape index (κ2) is 10.9. The minimum absolute atomic E-state index is 0.118. The molecular weight excluding hydrogens is 439 g/mol. The molecule has 10 heteroatoms. The number of hydrogen-bond acceptors (Lipinski definition) is 7. The molecular formula is C21H28Cl2N6O2. The van der Waals surface area contributed by atoms with Crippen molar-refractivity contribution < 1.29 is 9.84 Å². The van der Waals surface area contributed by atoms with Crippen molar-refractivity contribution in [2.45, 2.75) is 38.6 Å². The highest BCUT2D eigenvalue weighted by Crippen LogP contribution is 2.44. The molecule has 3 aromatic rings. The van der Waals surface area contributed by atoms with Crippen LogP contribution in [0.1, 0.15) is 49.8 Å². The number of aromatic amines is 1. The Balaban J connectivity index is 0.000000491. The fraction of sp³-hybridized carbons (Fsp3) is 0.476. The van der Waals surface area contributed by atoms with Crippen LogP contribution < -0.4 is 15.4 Å². The van der Waals surface area contributed by atoms with Crippen LogP contribution in [0.2, 0.25) is 10.0 Å². The lowest BCUT2D eigenvalue weighted by Gasteiger charge is -2.31. The van der Waals surface area contributed by atoms with Crippen molar-refractivity contribution in [3.63, 3.8) is 0 Å². The van der Waals surface area contributed by atoms with Crippen LogP contribution >= 0.6 is 23.2 Å². The monoisotopic (exact) mass is 466 g/mol. The van der Waals surface area contributed by atoms with Crippen LogP contribution in [0.15, 0.2) is 18.7 Å². The van der Waals surface area contributed by atoms with Crippen LogP contribution in [-0.4, -0.2) is 51.8 Å². The molecule has 0 spiro atoms. The van der Waals surface area contributed by atoms with Crippen LogP contribution in [-0.2, 0) is 0 Å². The van der Waals surface area contributed by atoms with Gasteiger partial charge in [0.15, 0.2) is 11.5 Å². The highest BCUT2D eigenvalue weighted by Gasteiger charge is 2.29. The molecule has 1 aliphatic rings. The van der Waals surface area contributed by atoms with E-state index >= 15 is 0 Å². The molecule has 1 unspecified atom stereocenters. The van der Waals surface area contributed by atoms with Crippen molar-refractivity contribution in [3.8, 4) is 5.75 Å². The third-order valence-corrected chi connectivity index (χ3v) is 5.99. The lowest BCUT2D eigenvalue weighted by atomic mass is 9.89. The summed E-state index contributed by atoms with van der Waals surface area (Å²) in [6.07, 6.45) is 5.11. The fourth-order valence-electron chi connectivity index (χ4n) is 3.37. The number of unbranched alkanes of at least 4 members (excludes halogenated alkanes) is 1. The molecule has 1 aromatic carbocycles. The molecule has 0 amide bonds. The number of nitrogens with zero attached hydrogens (tertiary/aromatic N) is 3. The standard InChI is InChI=1S/C17H18Cl2N6O.C4H10O/c1-8(25-17-14-16(22-6-21-14)23-7-24-17)10-3-11(18)13(19)12(15(10)26-2)9-4-20-5-9;1-2-3-4-5/h3,6-9,20H,4-5H2,1-2H3,(H2,21,22,23,24,25);5H,2-4H2,1H3. The zero-order valence-corrected chi connectivity index (χ0v) is 19.4. The van der Waals surface area contributed by atoms with Gasteiger partial charge in [0.25, 0.3) is 0 Å². The maximum Gasteiger partial charge on any atom is 0.182 e. The Kier molecular flexibility index (Phi) is 8.31. The van der Waals surface area contributed by atoms with Gasteiger partial charge < -0.3 is 25.5 Å². The summed E-state index contributed by atoms with van der Waals surface area (Å²) in [6.45, 7) is 6.14. The number of fused-ring (bicyclic) bond motifs is 1. The van der Waals surface area contributed by atoms with Crippen LogP contribution in [0.4, 0.5) is 5.82 Å². The third kappa shape index (κ3) is 5.20. The van der Waals surface area contributed by atoms with Crippen molar-refractivity contribution in [1.29, 1.82) is 0 Å². The number of aliphatic hydroxyl groups is 1. The summed E-state index contributed by atoms with van der Waals surface area (Å²) in [7, 11) is 1.66. The predicted molar refractivity (Wildman–Crippen MR) is 124 cm³/mol. The van der Waals surface area contributed by atoms with Gasteiger partial charge in [-0.1, -0.05) is 36.5 Å². The Labute approximate surface area is 191 Å². The highest BCUT2D eigenvalue weighted by molar-refractivity contribution is 6.42. The molecule has 168 valence electrons. The molecule has 1 aliphatic heterocycles. The summed E-state index contributed by atoms with van der Waals surface area (Å²) in [4.78, 5) is 15.7. The molecule has 8 nitrogen and oxygen atoms in total. The van der Waals surface area contributed by atoms with Crippen molar-refractivity contribution in [2.75, 3.05) is 32.1 Å². The number of aromatic nitrogens is 4. The van der Waals surface area contributed by atoms with Gasteiger partial charge in [-0.15, -0.1) is 0 Å². The van der Waals surface area contributed by atoms with E-state index in [1.807, 2.05) is 13.0 Å². The first-order chi connectivity index (χ1) is 15.0. The lowest BCUT2D eigenvalue weighted by molar-refractivity contribution is 0.287. The van der Waals surface area contributed by atoms with Gasteiger partial charge in [0.1, 0.15) is 17.6 Å². The number of aliphatic hydroxyl groups excluding tert-OH is 1. The van der Waals surface area contributed by atoms with Crippen molar-refractivity contribution >= 4 is 40.2 Å². The van der Waals surface area contributed by atoms with Crippen molar-refractivity contribution in [1.82, 2.24) is 25.3 Å². The average Bonchev–Trinajstić information content (AvgIpc) is 3.21. The van der Waals surface area contributed by atoms with Crippen LogP contribution in [0.5, 0.6) is 5.75 Å². The molecule has 0 saturated carbocycles. The number of ether oxygens (including phenoxy) is 1. The van der Waals surface area contributed by atoms with Gasteiger partial charge in [-0.3, -0.25) is 0 Å². The summed E-state index contributed by atoms with van der Waals surface area (Å²) < 4.78 is 5.74. The predicted octanol–water partition coefficient (Wildman–Crippen LogP) is 4.31. The van der Waals surface area contributed by atoms with E-state index in [-0.39, 0.29) is 6.04 Å². The van der Waals surface area contributed by atoms with Gasteiger partial charge in [-0.05, 0) is 19.4 Å². The van der Waals surface area contributed by atoms with E-state index in [1.165, 1.54) is 6.33 Å². The molecule has 2 aromatic heterocycles. The quantitative estimate of drug-likeness (QED) is 0.410. The number of imidazole rings is 1. The van der Waals surface area contributed by atoms with Crippen LogP contribution in [0.3, 0.4) is 0 Å². The van der Waals surface area contributed by atoms with E-state index in [2.05, 4.69) is 37.5 Å². The minimum Gasteiger partial charge on any atom is -0.496 e. The molecule has 0 bridgehead atoms. The Morgan fingerprint density at radius 2 is 2.06 bits per heavy atom. The zero-order chi connectivity index (χ0) is 22.4. The number of anilines is 1. The molecule has 1 atom stereocenters. The smallest absolute Gasteiger partial charge is 0.182 e. The largest absolute Gasteiger partial charge is 0.496 e. The first-order valence-electron chi connectivity index (χ1n) is 10.3. The molecule has 0 radical (unpaired) electrons. The average molecular weight is 467 g/mol. The SMILES string of the molecule is CCCCO.COc1c(C(C)Nc2ncnc3nc[nH]c23)cc(Cl)c(Cl)c1C1CNC1. The first-order valence-corrected chi connectivity index (χ1v) is 11.0. The third-order valence-electron chi connectivity index (χ3n) is 5.18. The summed E-state index contributed by atoms with van der Waals surface area (Å²) >= 11 is 12.9. The van der Waals surface area contributed by atoms with E-state index < -0.39 is 0 Å². The minimum atomic E-state index is -0.118. The van der Waals surface area contributed by atoms with Gasteiger partial charge in [0, 0.05) is 36.7 Å². The van der Waals surface area contributed by atoms with Crippen molar-refractivity contribution in [2.24, 2.45) is 0 Å². The first kappa shape index (κ1) is 23.5. The van der Waals surface area contributed by atoms with E-state index in [0.717, 1.165) is 48.3 Å². The lowest BCUT2D eigenvalue weighted by Crippen LogP contribution is -2.40. The molecule has 0 aliphatic carbocycles. The molecule has 31 heavy (non-hydrogen) atoms. The summed E-state index contributed by atoms with van der Waals surface area (Å²) in [6, 6.07) is 1.73. The number of halogens is 2. The van der Waals surface area contributed by atoms with Gasteiger partial charge in [-0.25, -0.2) is 15.0 Å². The van der Waals surface area contributed by atoms with E-state index in [1.54, 1.807) is 13.4 Å². The number of benzene rings is 1. The summed E-state index contributed by atoms with van der Waals surface area (Å²) in [5, 5.41) is 15.8. The van der Waals surface area contributed by atoms with Crippen LogP contribution in [0, 0.1) is 0 Å². The second-order valence-electron chi connectivity index (χ2n) is 7.33. The molecule has 3 heterocycles. The number of nitrogens with one attached hydrogen (secondary N) is 3. The van der Waals surface area contributed by atoms with Gasteiger partial charge in [0.05, 0.1) is 29.5 Å². The normalized spacial score (nSPS) is 14.5. The number of H-pyrrole nitrogens is 1. The number of methoxy groups -OCH3 is 1. The van der Waals surface area contributed by atoms with Gasteiger partial charge in [0.2, 0.25) is 0 Å². The Hall–Kier alpha value is -2.13. The molecule has 4 N–H and O–H groups in total. The van der Waals surface area contributed by atoms with Crippen molar-refractivity contribution in [3.05, 3.63) is 39.9 Å². The zero-order valence-electron chi connectivity index (χ0n) is 17.9. The molecule has 1 saturated heterocycles. The maximum absolute atomic E-state index is 8.07. The van der Waals surface area contributed by atoms with E-state index in [0.29, 0.717) is 34.0 Å². The molecule has 1 fully saturated rings. The topological polar surface area (TPSA) is 108 Å². The Morgan fingerprint density at radius 1 is 1.29 bits per heavy atom. The summed E-state index contributed by atoms with van der Waals surface area (Å²) in [5.74, 6) is 1.72. The second-order valence-corrected chi connectivity index (χ2v) is 8.12. The highest BCUT2D eigenvalue weighted by atomic mass is 35.5. The van der Waals surface area contributed by atoms with E-state index in [9.17, 15) is 0 Å². The summed E-state index contributed by atoms with van der Waals surface area (Å²) in [5.41, 5.74) is 3.24. The van der Waals surface area contributed by atoms with E-state index in [4.69, 9.17) is 33.0 Å². The van der Waals surface area contributed by atoms with Gasteiger partial charge >= 0.3 is 0 Å². The Morgan fingerprint density at radius 3 is 2.65 bits per heavy atom. The number of hydrogen-bond donors (Lipinski definition) is 4. The molecule has 4 rings (SSSR count). The number of rotatable bonds is 7. The van der Waals surface area contributed by atoms with Gasteiger partial charge in [-0.2, -0.15) is 0 Å². The Bertz CT molecular complexity index is 1010. The van der Waals surface area contributed by atoms with Crippen LogP contribution in [0.25, 0.3) is 11.2 Å². The maximum atomic E-state index is 8.07.